The average molecular weight is 245 g/mol. The first-order valence-electron chi connectivity index (χ1n) is 4.93. The van der Waals surface area contributed by atoms with Gasteiger partial charge in [-0.2, -0.15) is 15.2 Å². The van der Waals surface area contributed by atoms with Gasteiger partial charge in [0.1, 0.15) is 18.5 Å². The zero-order chi connectivity index (χ0) is 12.2. The minimum absolute atomic E-state index is 0.230. The molecule has 0 aromatic carbocycles. The summed E-state index contributed by atoms with van der Waals surface area (Å²) in [7, 11) is 0. The zero-order valence-electron chi connectivity index (χ0n) is 8.94. The molecule has 0 aliphatic rings. The van der Waals surface area contributed by atoms with Crippen molar-refractivity contribution in [1.82, 2.24) is 50.8 Å². The van der Waals surface area contributed by atoms with Crippen LogP contribution in [0.25, 0.3) is 0 Å². The van der Waals surface area contributed by atoms with Gasteiger partial charge >= 0.3 is 0 Å². The van der Waals surface area contributed by atoms with Gasteiger partial charge < -0.3 is 0 Å². The van der Waals surface area contributed by atoms with E-state index in [9.17, 15) is 0 Å². The summed E-state index contributed by atoms with van der Waals surface area (Å²) < 4.78 is 0. The van der Waals surface area contributed by atoms with E-state index in [0.717, 1.165) is 0 Å². The minimum atomic E-state index is 0.230. The lowest BCUT2D eigenvalue weighted by Crippen LogP contribution is -2.07. The summed E-state index contributed by atoms with van der Waals surface area (Å²) in [4.78, 5) is 7.81. The van der Waals surface area contributed by atoms with Crippen molar-refractivity contribution in [3.05, 3.63) is 24.3 Å². The van der Waals surface area contributed by atoms with E-state index < -0.39 is 0 Å². The van der Waals surface area contributed by atoms with Crippen molar-refractivity contribution >= 4 is 11.9 Å². The summed E-state index contributed by atoms with van der Waals surface area (Å²) in [6.45, 7) is 0. The molecule has 0 fully saturated rings. The molecule has 0 radical (unpaired) electrons. The van der Waals surface area contributed by atoms with Crippen molar-refractivity contribution in [3.8, 4) is 0 Å². The SMILES string of the molecule is c1n[nH]c(Cc2nnc(Nc3ncn[nH]3)nn2)n1. The van der Waals surface area contributed by atoms with Gasteiger partial charge in [0.05, 0.1) is 6.42 Å². The van der Waals surface area contributed by atoms with Crippen molar-refractivity contribution in [3.63, 3.8) is 0 Å². The summed E-state index contributed by atoms with van der Waals surface area (Å²) in [6, 6.07) is 0. The van der Waals surface area contributed by atoms with E-state index in [4.69, 9.17) is 0 Å². The molecule has 11 heteroatoms. The molecular formula is C7H7N11. The predicted molar refractivity (Wildman–Crippen MR) is 56.5 cm³/mol. The van der Waals surface area contributed by atoms with E-state index in [1.54, 1.807) is 0 Å². The molecule has 0 saturated carbocycles. The van der Waals surface area contributed by atoms with Gasteiger partial charge in [0.25, 0.3) is 5.95 Å². The molecule has 11 nitrogen and oxygen atoms in total. The lowest BCUT2D eigenvalue weighted by molar-refractivity contribution is 0.768. The van der Waals surface area contributed by atoms with Crippen LogP contribution >= 0.6 is 0 Å². The molecule has 0 aliphatic carbocycles. The monoisotopic (exact) mass is 245 g/mol. The Kier molecular flexibility index (Phi) is 2.54. The van der Waals surface area contributed by atoms with Crippen LogP contribution in [0.1, 0.15) is 11.6 Å². The van der Waals surface area contributed by atoms with Crippen molar-refractivity contribution in [2.24, 2.45) is 0 Å². The smallest absolute Gasteiger partial charge is 0.268 e. The average Bonchev–Trinajstić information content (AvgIpc) is 3.05. The Morgan fingerprint density at radius 1 is 0.944 bits per heavy atom. The maximum absolute atomic E-state index is 3.95. The van der Waals surface area contributed by atoms with Gasteiger partial charge in [0.15, 0.2) is 5.82 Å². The molecule has 0 bridgehead atoms. The quantitative estimate of drug-likeness (QED) is 0.517. The summed E-state index contributed by atoms with van der Waals surface area (Å²) in [5, 5.41) is 31.0. The highest BCUT2D eigenvalue weighted by Crippen LogP contribution is 2.02. The number of H-pyrrole nitrogens is 2. The van der Waals surface area contributed by atoms with Crippen LogP contribution < -0.4 is 5.32 Å². The number of aromatic amines is 2. The van der Waals surface area contributed by atoms with Gasteiger partial charge in [-0.1, -0.05) is 0 Å². The molecule has 0 atom stereocenters. The van der Waals surface area contributed by atoms with Crippen LogP contribution in [0.2, 0.25) is 0 Å². The fraction of sp³-hybridized carbons (Fsp3) is 0.143. The third-order valence-electron chi connectivity index (χ3n) is 1.96. The fourth-order valence-electron chi connectivity index (χ4n) is 1.21. The van der Waals surface area contributed by atoms with Crippen molar-refractivity contribution in [2.75, 3.05) is 5.32 Å². The van der Waals surface area contributed by atoms with E-state index in [2.05, 4.69) is 56.1 Å². The highest BCUT2D eigenvalue weighted by Gasteiger charge is 2.05. The Bertz CT molecular complexity index is 528. The third kappa shape index (κ3) is 2.23. The first-order valence-corrected chi connectivity index (χ1v) is 4.93. The molecule has 0 amide bonds. The predicted octanol–water partition coefficient (Wildman–Crippen LogP) is -1.16. The Morgan fingerprint density at radius 2 is 1.72 bits per heavy atom. The second kappa shape index (κ2) is 4.48. The van der Waals surface area contributed by atoms with Crippen LogP contribution in [-0.2, 0) is 6.42 Å². The zero-order valence-corrected chi connectivity index (χ0v) is 8.94. The van der Waals surface area contributed by atoms with Crippen molar-refractivity contribution in [1.29, 1.82) is 0 Å². The molecule has 0 saturated heterocycles. The number of aromatic nitrogens is 10. The lowest BCUT2D eigenvalue weighted by atomic mass is 10.4. The Balaban J connectivity index is 1.69. The molecule has 18 heavy (non-hydrogen) atoms. The standard InChI is InChI=1S/C7H7N11/c1(4-8-2-10-13-4)5-14-17-7(18-15-5)12-6-9-3-11-16-6/h2-3H,1H2,(H,8,10,13)(H2,9,11,12,16,17,18). The summed E-state index contributed by atoms with van der Waals surface area (Å²) in [5.74, 6) is 1.74. The van der Waals surface area contributed by atoms with Crippen molar-refractivity contribution in [2.45, 2.75) is 6.42 Å². The summed E-state index contributed by atoms with van der Waals surface area (Å²) in [6.07, 6.45) is 3.17. The van der Waals surface area contributed by atoms with E-state index in [-0.39, 0.29) is 5.95 Å². The third-order valence-corrected chi connectivity index (χ3v) is 1.96. The largest absolute Gasteiger partial charge is 0.290 e. The molecular weight excluding hydrogens is 238 g/mol. The molecule has 0 aliphatic heterocycles. The maximum atomic E-state index is 3.95. The van der Waals surface area contributed by atoms with Crippen LogP contribution in [0.15, 0.2) is 12.7 Å². The lowest BCUT2D eigenvalue weighted by Gasteiger charge is -1.98. The normalized spacial score (nSPS) is 10.4. The Labute approximate surface area is 99.5 Å². The van der Waals surface area contributed by atoms with Gasteiger partial charge in [-0.3, -0.25) is 10.4 Å². The topological polar surface area (TPSA) is 147 Å². The first-order chi connectivity index (χ1) is 8.90. The number of rotatable bonds is 4. The molecule has 3 aromatic heterocycles. The Hall–Kier alpha value is -2.98. The second-order valence-electron chi connectivity index (χ2n) is 3.21. The van der Waals surface area contributed by atoms with Crippen LogP contribution in [0.5, 0.6) is 0 Å². The number of nitrogens with one attached hydrogen (secondary N) is 3. The van der Waals surface area contributed by atoms with Gasteiger partial charge in [-0.05, 0) is 0 Å². The van der Waals surface area contributed by atoms with Crippen LogP contribution in [-0.4, -0.2) is 50.8 Å². The molecule has 0 spiro atoms. The van der Waals surface area contributed by atoms with Crippen LogP contribution in [0, 0.1) is 0 Å². The van der Waals surface area contributed by atoms with Crippen molar-refractivity contribution < 1.29 is 0 Å². The molecule has 90 valence electrons. The molecule has 3 rings (SSSR count). The Morgan fingerprint density at radius 3 is 2.39 bits per heavy atom. The number of hydrogen-bond donors (Lipinski definition) is 3. The molecule has 3 aromatic rings. The summed E-state index contributed by atoms with van der Waals surface area (Å²) >= 11 is 0. The summed E-state index contributed by atoms with van der Waals surface area (Å²) in [5.41, 5.74) is 0. The van der Waals surface area contributed by atoms with Crippen LogP contribution in [0.3, 0.4) is 0 Å². The number of hydrogen-bond acceptors (Lipinski definition) is 9. The second-order valence-corrected chi connectivity index (χ2v) is 3.21. The van der Waals surface area contributed by atoms with E-state index in [1.165, 1.54) is 12.7 Å². The van der Waals surface area contributed by atoms with Gasteiger partial charge in [0.2, 0.25) is 5.95 Å². The molecule has 0 unspecified atom stereocenters. The van der Waals surface area contributed by atoms with Gasteiger partial charge in [-0.25, -0.2) is 10.1 Å². The number of anilines is 2. The molecule has 3 N–H and O–H groups in total. The highest BCUT2D eigenvalue weighted by molar-refractivity contribution is 5.38. The first kappa shape index (κ1) is 10.2. The van der Waals surface area contributed by atoms with E-state index in [1.807, 2.05) is 0 Å². The van der Waals surface area contributed by atoms with E-state index in [0.29, 0.717) is 24.0 Å². The van der Waals surface area contributed by atoms with Gasteiger partial charge in [-0.15, -0.1) is 20.4 Å². The van der Waals surface area contributed by atoms with Gasteiger partial charge in [0, 0.05) is 0 Å². The maximum Gasteiger partial charge on any atom is 0.268 e. The number of nitrogens with zero attached hydrogens (tertiary/aromatic N) is 8. The highest BCUT2D eigenvalue weighted by atomic mass is 15.4. The molecule has 3 heterocycles. The fourth-order valence-corrected chi connectivity index (χ4v) is 1.21. The minimum Gasteiger partial charge on any atom is -0.290 e. The van der Waals surface area contributed by atoms with Crippen LogP contribution in [0.4, 0.5) is 11.9 Å². The van der Waals surface area contributed by atoms with E-state index >= 15 is 0 Å².